The molecular weight excluding hydrogens is 266 g/mol. The van der Waals surface area contributed by atoms with Gasteiger partial charge in [-0.25, -0.2) is 5.10 Å². The molecule has 0 saturated carbocycles. The monoisotopic (exact) mass is 287 g/mol. The molecule has 0 fully saturated rings. The van der Waals surface area contributed by atoms with E-state index in [9.17, 15) is 4.79 Å². The molecule has 0 radical (unpaired) electrons. The molecule has 5 heteroatoms. The Balaban J connectivity index is 2.25. The number of nitrogens with zero attached hydrogens (tertiary/aromatic N) is 1. The lowest BCUT2D eigenvalue weighted by Crippen LogP contribution is -2.22. The van der Waals surface area contributed by atoms with Crippen molar-refractivity contribution in [2.24, 2.45) is 0 Å². The Morgan fingerprint density at radius 3 is 2.90 bits per heavy atom. The van der Waals surface area contributed by atoms with Crippen LogP contribution in [0.5, 0.6) is 5.75 Å². The van der Waals surface area contributed by atoms with Crippen LogP contribution in [0.4, 0.5) is 0 Å². The molecule has 0 amide bonds. The van der Waals surface area contributed by atoms with Crippen LogP contribution in [0.25, 0.3) is 11.3 Å². The Hall–Kier alpha value is -2.14. The normalized spacial score (nSPS) is 10.6. The summed E-state index contributed by atoms with van der Waals surface area (Å²) in [6.45, 7) is 6.09. The lowest BCUT2D eigenvalue weighted by molar-refractivity contribution is 0.340. The van der Waals surface area contributed by atoms with Gasteiger partial charge in [-0.05, 0) is 38.1 Å². The smallest absolute Gasteiger partial charge is 0.268 e. The lowest BCUT2D eigenvalue weighted by atomic mass is 10.1. The second-order valence-electron chi connectivity index (χ2n) is 4.75. The van der Waals surface area contributed by atoms with Crippen LogP contribution in [0, 0.1) is 0 Å². The number of benzene rings is 1. The molecule has 112 valence electrons. The molecule has 1 aromatic carbocycles. The van der Waals surface area contributed by atoms with E-state index in [0.717, 1.165) is 30.0 Å². The van der Waals surface area contributed by atoms with Crippen molar-refractivity contribution in [2.45, 2.75) is 26.8 Å². The third kappa shape index (κ3) is 4.16. The number of aromatic amines is 1. The number of hydrogen-bond donors (Lipinski definition) is 2. The molecule has 0 saturated heterocycles. The number of ether oxygens (including phenoxy) is 1. The maximum absolute atomic E-state index is 11.8. The average molecular weight is 287 g/mol. The molecule has 0 bridgehead atoms. The van der Waals surface area contributed by atoms with Gasteiger partial charge in [0.1, 0.15) is 5.75 Å². The molecule has 1 heterocycles. The summed E-state index contributed by atoms with van der Waals surface area (Å²) in [6.07, 6.45) is 1.03. The number of nitrogens with one attached hydrogen (secondary N) is 2. The van der Waals surface area contributed by atoms with Crippen molar-refractivity contribution in [2.75, 3.05) is 13.2 Å². The van der Waals surface area contributed by atoms with Crippen LogP contribution in [0.3, 0.4) is 0 Å². The Morgan fingerprint density at radius 2 is 2.14 bits per heavy atom. The van der Waals surface area contributed by atoms with Gasteiger partial charge in [0.15, 0.2) is 0 Å². The predicted octanol–water partition coefficient (Wildman–Crippen LogP) is 2.34. The van der Waals surface area contributed by atoms with Gasteiger partial charge in [0, 0.05) is 17.7 Å². The van der Waals surface area contributed by atoms with Gasteiger partial charge < -0.3 is 10.1 Å². The molecule has 2 rings (SSSR count). The fourth-order valence-electron chi connectivity index (χ4n) is 2.04. The number of aromatic nitrogens is 2. The largest absolute Gasteiger partial charge is 0.494 e. The van der Waals surface area contributed by atoms with Gasteiger partial charge in [-0.15, -0.1) is 0 Å². The van der Waals surface area contributed by atoms with Crippen LogP contribution in [0.2, 0.25) is 0 Å². The van der Waals surface area contributed by atoms with Crippen molar-refractivity contribution < 1.29 is 4.74 Å². The molecule has 0 aliphatic rings. The standard InChI is InChI=1S/C16H21N3O2/c1-3-8-17-11-13-10-15(18-19-16(13)20)12-6-5-7-14(9-12)21-4-2/h5-7,9-10,17H,3-4,8,11H2,1-2H3,(H,19,20). The molecule has 2 N–H and O–H groups in total. The van der Waals surface area contributed by atoms with Gasteiger partial charge in [0.05, 0.1) is 12.3 Å². The second-order valence-corrected chi connectivity index (χ2v) is 4.75. The third-order valence-corrected chi connectivity index (χ3v) is 3.06. The first kappa shape index (κ1) is 15.3. The van der Waals surface area contributed by atoms with Crippen LogP contribution in [0.1, 0.15) is 25.8 Å². The minimum atomic E-state index is -0.150. The van der Waals surface area contributed by atoms with E-state index in [1.54, 1.807) is 0 Å². The van der Waals surface area contributed by atoms with Gasteiger partial charge in [-0.2, -0.15) is 5.10 Å². The van der Waals surface area contributed by atoms with E-state index < -0.39 is 0 Å². The van der Waals surface area contributed by atoms with E-state index in [2.05, 4.69) is 22.4 Å². The van der Waals surface area contributed by atoms with Crippen molar-refractivity contribution in [3.8, 4) is 17.0 Å². The zero-order valence-electron chi connectivity index (χ0n) is 12.5. The maximum atomic E-state index is 11.8. The molecule has 0 aliphatic carbocycles. The summed E-state index contributed by atoms with van der Waals surface area (Å²) in [5.41, 5.74) is 2.21. The summed E-state index contributed by atoms with van der Waals surface area (Å²) in [5, 5.41) is 9.91. The van der Waals surface area contributed by atoms with Gasteiger partial charge in [-0.3, -0.25) is 4.79 Å². The fourth-order valence-corrected chi connectivity index (χ4v) is 2.04. The summed E-state index contributed by atoms with van der Waals surface area (Å²) in [6, 6.07) is 9.52. The van der Waals surface area contributed by atoms with E-state index in [0.29, 0.717) is 18.7 Å². The van der Waals surface area contributed by atoms with Crippen LogP contribution >= 0.6 is 0 Å². The lowest BCUT2D eigenvalue weighted by Gasteiger charge is -2.07. The first-order chi connectivity index (χ1) is 10.2. The van der Waals surface area contributed by atoms with E-state index >= 15 is 0 Å². The van der Waals surface area contributed by atoms with E-state index in [-0.39, 0.29) is 5.56 Å². The number of rotatable bonds is 7. The first-order valence-corrected chi connectivity index (χ1v) is 7.27. The highest BCUT2D eigenvalue weighted by Gasteiger charge is 2.06. The molecule has 0 atom stereocenters. The Labute approximate surface area is 124 Å². The highest BCUT2D eigenvalue weighted by atomic mass is 16.5. The Morgan fingerprint density at radius 1 is 1.29 bits per heavy atom. The molecular formula is C16H21N3O2. The minimum absolute atomic E-state index is 0.150. The zero-order chi connectivity index (χ0) is 15.1. The molecule has 0 aliphatic heterocycles. The van der Waals surface area contributed by atoms with E-state index in [1.807, 2.05) is 37.3 Å². The molecule has 1 aromatic heterocycles. The number of H-pyrrole nitrogens is 1. The van der Waals surface area contributed by atoms with Crippen molar-refractivity contribution in [1.29, 1.82) is 0 Å². The SMILES string of the molecule is CCCNCc1cc(-c2cccc(OCC)c2)n[nH]c1=O. The van der Waals surface area contributed by atoms with Crippen molar-refractivity contribution in [1.82, 2.24) is 15.5 Å². The summed E-state index contributed by atoms with van der Waals surface area (Å²) < 4.78 is 5.49. The topological polar surface area (TPSA) is 67.0 Å². The summed E-state index contributed by atoms with van der Waals surface area (Å²) >= 11 is 0. The molecule has 0 spiro atoms. The Bertz CT molecular complexity index is 637. The quantitative estimate of drug-likeness (QED) is 0.767. The molecule has 5 nitrogen and oxygen atoms in total. The van der Waals surface area contributed by atoms with Crippen LogP contribution in [-0.4, -0.2) is 23.3 Å². The average Bonchev–Trinajstić information content (AvgIpc) is 2.50. The van der Waals surface area contributed by atoms with Gasteiger partial charge >= 0.3 is 0 Å². The van der Waals surface area contributed by atoms with Crippen molar-refractivity contribution in [3.05, 3.63) is 46.2 Å². The second kappa shape index (κ2) is 7.59. The van der Waals surface area contributed by atoms with Crippen LogP contribution in [0.15, 0.2) is 35.1 Å². The Kier molecular flexibility index (Phi) is 5.51. The number of hydrogen-bond acceptors (Lipinski definition) is 4. The minimum Gasteiger partial charge on any atom is -0.494 e. The predicted molar refractivity (Wildman–Crippen MR) is 83.5 cm³/mol. The summed E-state index contributed by atoms with van der Waals surface area (Å²) in [4.78, 5) is 11.8. The summed E-state index contributed by atoms with van der Waals surface area (Å²) in [5.74, 6) is 0.800. The van der Waals surface area contributed by atoms with Crippen molar-refractivity contribution in [3.63, 3.8) is 0 Å². The highest BCUT2D eigenvalue weighted by Crippen LogP contribution is 2.21. The van der Waals surface area contributed by atoms with Gasteiger partial charge in [0.2, 0.25) is 0 Å². The van der Waals surface area contributed by atoms with Gasteiger partial charge in [-0.1, -0.05) is 19.1 Å². The maximum Gasteiger partial charge on any atom is 0.268 e. The van der Waals surface area contributed by atoms with E-state index in [4.69, 9.17) is 4.74 Å². The highest BCUT2D eigenvalue weighted by molar-refractivity contribution is 5.61. The zero-order valence-corrected chi connectivity index (χ0v) is 12.5. The molecule has 0 unspecified atom stereocenters. The van der Waals surface area contributed by atoms with Crippen LogP contribution < -0.4 is 15.6 Å². The molecule has 2 aromatic rings. The van der Waals surface area contributed by atoms with Gasteiger partial charge in [0.25, 0.3) is 5.56 Å². The van der Waals surface area contributed by atoms with E-state index in [1.165, 1.54) is 0 Å². The first-order valence-electron chi connectivity index (χ1n) is 7.27. The van der Waals surface area contributed by atoms with Crippen molar-refractivity contribution >= 4 is 0 Å². The molecule has 21 heavy (non-hydrogen) atoms. The van der Waals surface area contributed by atoms with Crippen LogP contribution in [-0.2, 0) is 6.54 Å². The third-order valence-electron chi connectivity index (χ3n) is 3.06. The summed E-state index contributed by atoms with van der Waals surface area (Å²) in [7, 11) is 0. The fraction of sp³-hybridized carbons (Fsp3) is 0.375.